The van der Waals surface area contributed by atoms with E-state index in [1.807, 2.05) is 12.2 Å². The van der Waals surface area contributed by atoms with Crippen molar-refractivity contribution in [3.05, 3.63) is 64.7 Å². The Labute approximate surface area is 163 Å². The van der Waals surface area contributed by atoms with Crippen LogP contribution in [0, 0.1) is 0 Å². The van der Waals surface area contributed by atoms with Crippen LogP contribution in [0.5, 0.6) is 5.75 Å². The average molecular weight is 386 g/mol. The van der Waals surface area contributed by atoms with Crippen LogP contribution in [0.25, 0.3) is 12.2 Å². The molecule has 0 N–H and O–H groups in total. The summed E-state index contributed by atoms with van der Waals surface area (Å²) in [6.07, 6.45) is 3.69. The molecule has 0 amide bonds. The van der Waals surface area contributed by atoms with Gasteiger partial charge in [-0.2, -0.15) is 0 Å². The first-order valence-electron chi connectivity index (χ1n) is 8.37. The van der Waals surface area contributed by atoms with Gasteiger partial charge in [0.05, 0.1) is 12.7 Å². The van der Waals surface area contributed by atoms with E-state index >= 15 is 0 Å². The van der Waals surface area contributed by atoms with Crippen molar-refractivity contribution in [2.75, 3.05) is 34.9 Å². The van der Waals surface area contributed by atoms with Crippen molar-refractivity contribution in [3.8, 4) is 5.75 Å². The van der Waals surface area contributed by atoms with E-state index in [2.05, 4.69) is 4.74 Å². The van der Waals surface area contributed by atoms with Crippen LogP contribution in [0.3, 0.4) is 0 Å². The van der Waals surface area contributed by atoms with Gasteiger partial charge in [-0.3, -0.25) is 0 Å². The van der Waals surface area contributed by atoms with E-state index in [9.17, 15) is 9.59 Å². The van der Waals surface area contributed by atoms with Crippen LogP contribution in [0.1, 0.15) is 31.8 Å². The monoisotopic (exact) mass is 386 g/mol. The highest BCUT2D eigenvalue weighted by molar-refractivity contribution is 5.93. The van der Waals surface area contributed by atoms with Crippen molar-refractivity contribution in [1.29, 1.82) is 0 Å². The number of methoxy groups -OCH3 is 3. The third-order valence-electron chi connectivity index (χ3n) is 3.66. The zero-order valence-electron chi connectivity index (χ0n) is 16.0. The minimum absolute atomic E-state index is 0.00624. The molecule has 7 heteroatoms. The van der Waals surface area contributed by atoms with E-state index in [0.29, 0.717) is 11.3 Å². The lowest BCUT2D eigenvalue weighted by Gasteiger charge is -2.11. The Morgan fingerprint density at radius 2 is 1.46 bits per heavy atom. The summed E-state index contributed by atoms with van der Waals surface area (Å²) in [5, 5.41) is 0. The number of esters is 2. The molecule has 148 valence electrons. The molecule has 0 heterocycles. The quantitative estimate of drug-likeness (QED) is 0.371. The maximum Gasteiger partial charge on any atom is 0.344 e. The summed E-state index contributed by atoms with van der Waals surface area (Å²) in [7, 11) is 4.26. The third kappa shape index (κ3) is 5.94. The number of rotatable bonds is 9. The van der Waals surface area contributed by atoms with E-state index in [1.165, 1.54) is 21.3 Å². The maximum absolute atomic E-state index is 12.3. The molecule has 2 aromatic rings. The molecule has 0 fully saturated rings. The normalized spacial score (nSPS) is 10.7. The van der Waals surface area contributed by atoms with E-state index in [0.717, 1.165) is 11.1 Å². The fourth-order valence-electron chi connectivity index (χ4n) is 2.29. The Morgan fingerprint density at radius 1 is 0.821 bits per heavy atom. The molecule has 0 unspecified atom stereocenters. The Hall–Kier alpha value is -3.16. The highest BCUT2D eigenvalue weighted by atomic mass is 16.7. The number of carbonyl (C=O) groups excluding carboxylic acids is 2. The first kappa shape index (κ1) is 21.1. The van der Waals surface area contributed by atoms with Gasteiger partial charge in [0.2, 0.25) is 0 Å². The molecule has 0 spiro atoms. The van der Waals surface area contributed by atoms with Crippen molar-refractivity contribution in [3.63, 3.8) is 0 Å². The molecule has 28 heavy (non-hydrogen) atoms. The summed E-state index contributed by atoms with van der Waals surface area (Å²) < 4.78 is 24.8. The molecule has 0 aliphatic rings. The summed E-state index contributed by atoms with van der Waals surface area (Å²) in [6, 6.07) is 12.1. The van der Waals surface area contributed by atoms with E-state index in [4.69, 9.17) is 18.9 Å². The summed E-state index contributed by atoms with van der Waals surface area (Å²) in [4.78, 5) is 23.7. The second kappa shape index (κ2) is 10.9. The highest BCUT2D eigenvalue weighted by Crippen LogP contribution is 2.23. The van der Waals surface area contributed by atoms with Gasteiger partial charge in [0.25, 0.3) is 0 Å². The first-order chi connectivity index (χ1) is 13.6. The van der Waals surface area contributed by atoms with Crippen molar-refractivity contribution in [2.45, 2.75) is 0 Å². The van der Waals surface area contributed by atoms with Gasteiger partial charge in [-0.05, 0) is 35.4 Å². The van der Waals surface area contributed by atoms with Crippen molar-refractivity contribution >= 4 is 24.1 Å². The summed E-state index contributed by atoms with van der Waals surface area (Å²) in [6.45, 7) is -0.151. The average Bonchev–Trinajstić information content (AvgIpc) is 2.74. The predicted octanol–water partition coefficient (Wildman–Crippen LogP) is 3.39. The van der Waals surface area contributed by atoms with Gasteiger partial charge in [-0.1, -0.05) is 30.4 Å². The second-order valence-corrected chi connectivity index (χ2v) is 5.59. The second-order valence-electron chi connectivity index (χ2n) is 5.59. The van der Waals surface area contributed by atoms with Crippen LogP contribution in [0.2, 0.25) is 0 Å². The Bertz CT molecular complexity index is 825. The lowest BCUT2D eigenvalue weighted by molar-refractivity contribution is -0.0132. The zero-order chi connectivity index (χ0) is 20.4. The summed E-state index contributed by atoms with van der Waals surface area (Å²) >= 11 is 0. The molecule has 0 aliphatic carbocycles. The van der Waals surface area contributed by atoms with Gasteiger partial charge >= 0.3 is 11.9 Å². The standard InChI is InChI=1S/C21H22O7/c1-24-13-27-19-11-8-16(12-18(19)21(23)28-14-25-2)5-4-15-6-9-17(10-7-15)20(22)26-3/h4-12H,13-14H2,1-3H3/b5-4+. The molecular formula is C21H22O7. The molecule has 0 bridgehead atoms. The van der Waals surface area contributed by atoms with E-state index in [1.54, 1.807) is 42.5 Å². The fraction of sp³-hybridized carbons (Fsp3) is 0.238. The number of carbonyl (C=O) groups is 2. The summed E-state index contributed by atoms with van der Waals surface area (Å²) in [5.74, 6) is -0.602. The smallest absolute Gasteiger partial charge is 0.344 e. The zero-order valence-corrected chi connectivity index (χ0v) is 16.0. The minimum Gasteiger partial charge on any atom is -0.467 e. The Balaban J connectivity index is 2.21. The predicted molar refractivity (Wildman–Crippen MR) is 103 cm³/mol. The summed E-state index contributed by atoms with van der Waals surface area (Å²) in [5.41, 5.74) is 2.39. The number of ether oxygens (including phenoxy) is 5. The van der Waals surface area contributed by atoms with Gasteiger partial charge in [0.1, 0.15) is 11.3 Å². The lowest BCUT2D eigenvalue weighted by atomic mass is 10.1. The maximum atomic E-state index is 12.3. The first-order valence-corrected chi connectivity index (χ1v) is 8.37. The van der Waals surface area contributed by atoms with Crippen LogP contribution in [0.4, 0.5) is 0 Å². The van der Waals surface area contributed by atoms with Crippen LogP contribution in [-0.4, -0.2) is 46.9 Å². The Kier molecular flexibility index (Phi) is 8.20. The molecule has 7 nitrogen and oxygen atoms in total. The molecule has 0 radical (unpaired) electrons. The van der Waals surface area contributed by atoms with Crippen LogP contribution in [-0.2, 0) is 18.9 Å². The number of benzene rings is 2. The van der Waals surface area contributed by atoms with Gasteiger partial charge in [0.15, 0.2) is 13.6 Å². The lowest BCUT2D eigenvalue weighted by Crippen LogP contribution is -2.11. The molecule has 2 rings (SSSR count). The molecular weight excluding hydrogens is 364 g/mol. The largest absolute Gasteiger partial charge is 0.467 e. The van der Waals surface area contributed by atoms with E-state index in [-0.39, 0.29) is 25.1 Å². The minimum atomic E-state index is -0.564. The number of hydrogen-bond acceptors (Lipinski definition) is 7. The molecule has 0 saturated heterocycles. The Morgan fingerprint density at radius 3 is 2.11 bits per heavy atom. The van der Waals surface area contributed by atoms with Gasteiger partial charge < -0.3 is 23.7 Å². The molecule has 0 aliphatic heterocycles. The SMILES string of the molecule is COCOC(=O)c1cc(/C=C/c2ccc(C(=O)OC)cc2)ccc1OCOC. The molecule has 0 atom stereocenters. The van der Waals surface area contributed by atoms with E-state index < -0.39 is 5.97 Å². The van der Waals surface area contributed by atoms with Crippen molar-refractivity contribution in [2.24, 2.45) is 0 Å². The molecule has 2 aromatic carbocycles. The van der Waals surface area contributed by atoms with Crippen LogP contribution < -0.4 is 4.74 Å². The van der Waals surface area contributed by atoms with Crippen molar-refractivity contribution in [1.82, 2.24) is 0 Å². The molecule has 0 aromatic heterocycles. The van der Waals surface area contributed by atoms with Crippen LogP contribution >= 0.6 is 0 Å². The topological polar surface area (TPSA) is 80.3 Å². The van der Waals surface area contributed by atoms with Gasteiger partial charge in [-0.15, -0.1) is 0 Å². The molecule has 0 saturated carbocycles. The number of hydrogen-bond donors (Lipinski definition) is 0. The van der Waals surface area contributed by atoms with Gasteiger partial charge in [0, 0.05) is 14.2 Å². The van der Waals surface area contributed by atoms with Crippen LogP contribution in [0.15, 0.2) is 42.5 Å². The van der Waals surface area contributed by atoms with Gasteiger partial charge in [-0.25, -0.2) is 9.59 Å². The highest BCUT2D eigenvalue weighted by Gasteiger charge is 2.15. The fourth-order valence-corrected chi connectivity index (χ4v) is 2.29. The third-order valence-corrected chi connectivity index (χ3v) is 3.66. The van der Waals surface area contributed by atoms with Crippen molar-refractivity contribution < 1.29 is 33.3 Å².